The molecule has 0 saturated heterocycles. The molecule has 5 rings (SSSR count). The van der Waals surface area contributed by atoms with Gasteiger partial charge in [-0.25, -0.2) is 0 Å². The van der Waals surface area contributed by atoms with Gasteiger partial charge < -0.3 is 9.73 Å². The molecule has 0 aliphatic rings. The van der Waals surface area contributed by atoms with Crippen LogP contribution in [0.3, 0.4) is 0 Å². The number of nitrogens with zero attached hydrogens (tertiary/aromatic N) is 4. The number of nitro benzene ring substituents is 1. The molecule has 3 aromatic carbocycles. The van der Waals surface area contributed by atoms with E-state index in [2.05, 4.69) is 15.5 Å². The minimum absolute atomic E-state index is 0.0512. The van der Waals surface area contributed by atoms with Crippen LogP contribution in [0.25, 0.3) is 34.1 Å². The van der Waals surface area contributed by atoms with E-state index in [9.17, 15) is 14.9 Å². The van der Waals surface area contributed by atoms with E-state index in [-0.39, 0.29) is 11.6 Å². The molecule has 0 aliphatic carbocycles. The summed E-state index contributed by atoms with van der Waals surface area (Å²) >= 11 is 0. The number of carbonyl (C=O) groups excluding carboxylic acids is 1. The molecule has 1 amide bonds. The van der Waals surface area contributed by atoms with E-state index in [1.807, 2.05) is 30.3 Å². The Kier molecular flexibility index (Phi) is 5.41. The SMILES string of the molecule is O=C(/C=C/c1ccc(-c2ccccc2[N+](=O)[O-])o1)Nc1ccc2nn(-c3ccccc3)nc2c1. The lowest BCUT2D eigenvalue weighted by Gasteiger charge is -2.01. The third-order valence-corrected chi connectivity index (χ3v) is 5.03. The van der Waals surface area contributed by atoms with Gasteiger partial charge in [-0.1, -0.05) is 30.3 Å². The summed E-state index contributed by atoms with van der Waals surface area (Å²) in [6, 6.07) is 24.4. The second-order valence-corrected chi connectivity index (χ2v) is 7.33. The van der Waals surface area contributed by atoms with Gasteiger partial charge in [-0.05, 0) is 54.6 Å². The molecule has 2 aromatic heterocycles. The third-order valence-electron chi connectivity index (χ3n) is 5.03. The standard InChI is InChI=1S/C25H17N5O4/c31-25(15-12-19-11-14-24(34-19)20-8-4-5-9-23(20)30(32)33)26-17-10-13-21-22(16-17)28-29(27-21)18-6-2-1-3-7-18/h1-16H,(H,26,31)/b15-12+. The van der Waals surface area contributed by atoms with Crippen molar-refractivity contribution in [2.45, 2.75) is 0 Å². The van der Waals surface area contributed by atoms with Gasteiger partial charge in [0.15, 0.2) is 0 Å². The number of hydrogen-bond acceptors (Lipinski definition) is 6. The van der Waals surface area contributed by atoms with E-state index in [0.29, 0.717) is 33.8 Å². The fraction of sp³-hybridized carbons (Fsp3) is 0. The van der Waals surface area contributed by atoms with Crippen molar-refractivity contribution >= 4 is 34.4 Å². The molecule has 2 heterocycles. The van der Waals surface area contributed by atoms with Gasteiger partial charge in [-0.3, -0.25) is 14.9 Å². The van der Waals surface area contributed by atoms with Crippen LogP contribution in [0, 0.1) is 10.1 Å². The van der Waals surface area contributed by atoms with Crippen molar-refractivity contribution in [1.29, 1.82) is 0 Å². The molecule has 9 heteroatoms. The van der Waals surface area contributed by atoms with E-state index in [1.165, 1.54) is 18.2 Å². The lowest BCUT2D eigenvalue weighted by atomic mass is 10.1. The Labute approximate surface area is 193 Å². The molecular formula is C25H17N5O4. The van der Waals surface area contributed by atoms with Crippen LogP contribution in [0.5, 0.6) is 0 Å². The molecule has 0 saturated carbocycles. The van der Waals surface area contributed by atoms with E-state index < -0.39 is 4.92 Å². The van der Waals surface area contributed by atoms with Crippen molar-refractivity contribution in [2.24, 2.45) is 0 Å². The van der Waals surface area contributed by atoms with Crippen LogP contribution < -0.4 is 5.32 Å². The molecule has 0 unspecified atom stereocenters. The van der Waals surface area contributed by atoms with Crippen LogP contribution >= 0.6 is 0 Å². The van der Waals surface area contributed by atoms with Crippen molar-refractivity contribution in [3.63, 3.8) is 0 Å². The molecule has 5 aromatic rings. The highest BCUT2D eigenvalue weighted by Crippen LogP contribution is 2.31. The zero-order chi connectivity index (χ0) is 23.5. The number of benzene rings is 3. The van der Waals surface area contributed by atoms with Gasteiger partial charge in [-0.2, -0.15) is 4.80 Å². The zero-order valence-corrected chi connectivity index (χ0v) is 17.7. The first kappa shape index (κ1) is 20.8. The molecule has 34 heavy (non-hydrogen) atoms. The van der Waals surface area contributed by atoms with E-state index in [0.717, 1.165) is 5.69 Å². The van der Waals surface area contributed by atoms with Crippen molar-refractivity contribution in [3.8, 4) is 17.0 Å². The average Bonchev–Trinajstić information content (AvgIpc) is 3.50. The number of rotatable bonds is 6. The molecule has 0 spiro atoms. The molecule has 0 radical (unpaired) electrons. The van der Waals surface area contributed by atoms with E-state index >= 15 is 0 Å². The summed E-state index contributed by atoms with van der Waals surface area (Å²) in [5, 5.41) is 22.9. The second kappa shape index (κ2) is 8.83. The maximum Gasteiger partial charge on any atom is 0.280 e. The molecule has 0 bridgehead atoms. The Morgan fingerprint density at radius 2 is 1.71 bits per heavy atom. The minimum Gasteiger partial charge on any atom is -0.456 e. The Morgan fingerprint density at radius 3 is 2.53 bits per heavy atom. The number of para-hydroxylation sites is 2. The van der Waals surface area contributed by atoms with Crippen LogP contribution in [-0.2, 0) is 4.79 Å². The Balaban J connectivity index is 1.29. The Bertz CT molecular complexity index is 1540. The van der Waals surface area contributed by atoms with Crippen molar-refractivity contribution < 1.29 is 14.1 Å². The van der Waals surface area contributed by atoms with Crippen molar-refractivity contribution in [2.75, 3.05) is 5.32 Å². The van der Waals surface area contributed by atoms with Crippen LogP contribution in [0.1, 0.15) is 5.76 Å². The van der Waals surface area contributed by atoms with Crippen LogP contribution in [0.15, 0.2) is 95.4 Å². The number of nitrogens with one attached hydrogen (secondary N) is 1. The summed E-state index contributed by atoms with van der Waals surface area (Å²) in [4.78, 5) is 24.7. The third kappa shape index (κ3) is 4.30. The lowest BCUT2D eigenvalue weighted by molar-refractivity contribution is -0.384. The predicted molar refractivity (Wildman–Crippen MR) is 127 cm³/mol. The predicted octanol–water partition coefficient (Wildman–Crippen LogP) is 5.24. The second-order valence-electron chi connectivity index (χ2n) is 7.33. The average molecular weight is 451 g/mol. The van der Waals surface area contributed by atoms with Gasteiger partial charge >= 0.3 is 0 Å². The molecule has 9 nitrogen and oxygen atoms in total. The molecule has 166 valence electrons. The number of aromatic nitrogens is 3. The first-order valence-electron chi connectivity index (χ1n) is 10.3. The monoisotopic (exact) mass is 451 g/mol. The summed E-state index contributed by atoms with van der Waals surface area (Å²) in [6.07, 6.45) is 2.82. The van der Waals surface area contributed by atoms with Gasteiger partial charge in [0.05, 0.1) is 16.2 Å². The Hall–Kier alpha value is -5.05. The highest BCUT2D eigenvalue weighted by Gasteiger charge is 2.16. The van der Waals surface area contributed by atoms with E-state index in [1.54, 1.807) is 53.3 Å². The van der Waals surface area contributed by atoms with Crippen LogP contribution in [0.4, 0.5) is 11.4 Å². The van der Waals surface area contributed by atoms with Crippen LogP contribution in [0.2, 0.25) is 0 Å². The lowest BCUT2D eigenvalue weighted by Crippen LogP contribution is -2.07. The summed E-state index contributed by atoms with van der Waals surface area (Å²) in [7, 11) is 0. The fourth-order valence-corrected chi connectivity index (χ4v) is 3.44. The smallest absolute Gasteiger partial charge is 0.280 e. The zero-order valence-electron chi connectivity index (χ0n) is 17.7. The van der Waals surface area contributed by atoms with Gasteiger partial charge in [0.1, 0.15) is 22.6 Å². The summed E-state index contributed by atoms with van der Waals surface area (Å²) in [5.74, 6) is 0.377. The van der Waals surface area contributed by atoms with Crippen molar-refractivity contribution in [1.82, 2.24) is 15.0 Å². The maximum absolute atomic E-state index is 12.4. The summed E-state index contributed by atoms with van der Waals surface area (Å²) in [5.41, 5.74) is 3.08. The van der Waals surface area contributed by atoms with E-state index in [4.69, 9.17) is 4.42 Å². The normalized spacial score (nSPS) is 11.2. The van der Waals surface area contributed by atoms with Gasteiger partial charge in [0, 0.05) is 17.8 Å². The highest BCUT2D eigenvalue weighted by molar-refractivity contribution is 6.02. The number of amides is 1. The number of anilines is 1. The number of nitro groups is 1. The maximum atomic E-state index is 12.4. The summed E-state index contributed by atoms with van der Waals surface area (Å²) < 4.78 is 5.67. The minimum atomic E-state index is -0.462. The topological polar surface area (TPSA) is 116 Å². The molecular weight excluding hydrogens is 434 g/mol. The Morgan fingerprint density at radius 1 is 0.941 bits per heavy atom. The number of fused-ring (bicyclic) bond motifs is 1. The van der Waals surface area contributed by atoms with Crippen LogP contribution in [-0.4, -0.2) is 25.8 Å². The first-order valence-corrected chi connectivity index (χ1v) is 10.3. The van der Waals surface area contributed by atoms with Gasteiger partial charge in [0.25, 0.3) is 5.69 Å². The van der Waals surface area contributed by atoms with Gasteiger partial charge in [-0.15, -0.1) is 10.2 Å². The largest absolute Gasteiger partial charge is 0.456 e. The molecule has 1 N–H and O–H groups in total. The van der Waals surface area contributed by atoms with Crippen molar-refractivity contribution in [3.05, 3.63) is 107 Å². The molecule has 0 fully saturated rings. The highest BCUT2D eigenvalue weighted by atomic mass is 16.6. The quantitative estimate of drug-likeness (QED) is 0.214. The molecule has 0 atom stereocenters. The number of furan rings is 1. The summed E-state index contributed by atoms with van der Waals surface area (Å²) in [6.45, 7) is 0. The number of carbonyl (C=O) groups is 1. The fourth-order valence-electron chi connectivity index (χ4n) is 3.44. The van der Waals surface area contributed by atoms with Gasteiger partial charge in [0.2, 0.25) is 5.91 Å². The number of hydrogen-bond donors (Lipinski definition) is 1. The molecule has 0 aliphatic heterocycles. The first-order chi connectivity index (χ1) is 16.6.